The summed E-state index contributed by atoms with van der Waals surface area (Å²) in [4.78, 5) is 2.24. The fraction of sp³-hybridized carbons (Fsp3) is 0.647. The van der Waals surface area contributed by atoms with E-state index in [0.717, 1.165) is 30.3 Å². The number of likely N-dealkylation sites (N-methyl/N-ethyl adjacent to an activating group) is 1. The highest BCUT2D eigenvalue weighted by Crippen LogP contribution is 2.30. The van der Waals surface area contributed by atoms with Gasteiger partial charge in [0.1, 0.15) is 11.9 Å². The molecule has 2 atom stereocenters. The average molecular weight is 311 g/mol. The van der Waals surface area contributed by atoms with Gasteiger partial charge < -0.3 is 15.0 Å². The monoisotopic (exact) mass is 310 g/mol. The number of hydrogen-bond acceptors (Lipinski definition) is 3. The van der Waals surface area contributed by atoms with Crippen molar-refractivity contribution in [3.8, 4) is 5.75 Å². The van der Waals surface area contributed by atoms with Crippen LogP contribution in [0.3, 0.4) is 0 Å². The van der Waals surface area contributed by atoms with Gasteiger partial charge in [-0.1, -0.05) is 25.4 Å². The molecule has 0 spiro atoms. The Morgan fingerprint density at radius 2 is 2.14 bits per heavy atom. The molecule has 1 aromatic rings. The lowest BCUT2D eigenvalue weighted by molar-refractivity contribution is 0.209. The van der Waals surface area contributed by atoms with Crippen molar-refractivity contribution in [3.63, 3.8) is 0 Å². The summed E-state index contributed by atoms with van der Waals surface area (Å²) in [5.74, 6) is 1.68. The van der Waals surface area contributed by atoms with Crippen molar-refractivity contribution in [3.05, 3.63) is 28.8 Å². The number of rotatable bonds is 7. The van der Waals surface area contributed by atoms with Crippen LogP contribution in [0.1, 0.15) is 25.8 Å². The Bertz CT molecular complexity index is 452. The number of nitrogens with zero attached hydrogens (tertiary/aromatic N) is 1. The standard InChI is InChI=1S/C17H27ClN2O/c1-12(2)7-15(11-20(3)4)19-10-16-9-13-8-14(18)5-6-17(13)21-16/h5-6,8,12,15-16,19H,7,9-11H2,1-4H3. The number of halogens is 1. The molecule has 1 aliphatic rings. The van der Waals surface area contributed by atoms with Crippen LogP contribution in [-0.4, -0.2) is 44.2 Å². The zero-order chi connectivity index (χ0) is 15.4. The average Bonchev–Trinajstić information content (AvgIpc) is 2.76. The summed E-state index contributed by atoms with van der Waals surface area (Å²) in [7, 11) is 4.25. The first-order chi connectivity index (χ1) is 9.94. The van der Waals surface area contributed by atoms with Gasteiger partial charge in [-0.05, 0) is 50.2 Å². The van der Waals surface area contributed by atoms with Gasteiger partial charge in [0.25, 0.3) is 0 Å². The molecule has 2 rings (SSSR count). The molecule has 0 radical (unpaired) electrons. The van der Waals surface area contributed by atoms with Crippen LogP contribution in [0.25, 0.3) is 0 Å². The lowest BCUT2D eigenvalue weighted by Crippen LogP contribution is -2.43. The summed E-state index contributed by atoms with van der Waals surface area (Å²) in [6.45, 7) is 6.49. The van der Waals surface area contributed by atoms with E-state index in [4.69, 9.17) is 16.3 Å². The van der Waals surface area contributed by atoms with Crippen LogP contribution in [0.4, 0.5) is 0 Å². The molecule has 1 heterocycles. The zero-order valence-corrected chi connectivity index (χ0v) is 14.3. The van der Waals surface area contributed by atoms with Gasteiger partial charge in [0.15, 0.2) is 0 Å². The Hall–Kier alpha value is -0.770. The lowest BCUT2D eigenvalue weighted by Gasteiger charge is -2.25. The number of benzene rings is 1. The van der Waals surface area contributed by atoms with Gasteiger partial charge in [-0.25, -0.2) is 0 Å². The van der Waals surface area contributed by atoms with E-state index in [1.807, 2.05) is 18.2 Å². The van der Waals surface area contributed by atoms with Crippen molar-refractivity contribution in [1.29, 1.82) is 0 Å². The summed E-state index contributed by atoms with van der Waals surface area (Å²) in [5, 5.41) is 4.46. The molecule has 1 N–H and O–H groups in total. The van der Waals surface area contributed by atoms with E-state index in [-0.39, 0.29) is 6.10 Å². The molecule has 0 aliphatic carbocycles. The maximum absolute atomic E-state index is 6.04. The molecule has 0 saturated heterocycles. The molecule has 0 fully saturated rings. The van der Waals surface area contributed by atoms with E-state index in [1.54, 1.807) is 0 Å². The Morgan fingerprint density at radius 1 is 1.38 bits per heavy atom. The Kier molecular flexibility index (Phi) is 5.91. The van der Waals surface area contributed by atoms with Crippen LogP contribution in [0.15, 0.2) is 18.2 Å². The first kappa shape index (κ1) is 16.6. The lowest BCUT2D eigenvalue weighted by atomic mass is 10.0. The summed E-state index contributed by atoms with van der Waals surface area (Å²) in [6.07, 6.45) is 2.35. The van der Waals surface area contributed by atoms with E-state index in [2.05, 4.69) is 38.2 Å². The smallest absolute Gasteiger partial charge is 0.123 e. The van der Waals surface area contributed by atoms with Gasteiger partial charge in [0.2, 0.25) is 0 Å². The zero-order valence-electron chi connectivity index (χ0n) is 13.5. The van der Waals surface area contributed by atoms with E-state index in [0.29, 0.717) is 12.0 Å². The van der Waals surface area contributed by atoms with Gasteiger partial charge in [-0.15, -0.1) is 0 Å². The van der Waals surface area contributed by atoms with E-state index < -0.39 is 0 Å². The molecule has 2 unspecified atom stereocenters. The molecule has 3 nitrogen and oxygen atoms in total. The molecule has 118 valence electrons. The Balaban J connectivity index is 1.85. The molecule has 1 aliphatic heterocycles. The second kappa shape index (κ2) is 7.48. The van der Waals surface area contributed by atoms with Crippen molar-refractivity contribution < 1.29 is 4.74 Å². The molecule has 0 saturated carbocycles. The maximum Gasteiger partial charge on any atom is 0.123 e. The topological polar surface area (TPSA) is 24.5 Å². The first-order valence-corrected chi connectivity index (χ1v) is 8.15. The largest absolute Gasteiger partial charge is 0.488 e. The van der Waals surface area contributed by atoms with Crippen molar-refractivity contribution in [1.82, 2.24) is 10.2 Å². The summed E-state index contributed by atoms with van der Waals surface area (Å²) in [6, 6.07) is 6.39. The van der Waals surface area contributed by atoms with Crippen molar-refractivity contribution >= 4 is 11.6 Å². The fourth-order valence-corrected chi connectivity index (χ4v) is 3.13. The second-order valence-corrected chi connectivity index (χ2v) is 7.13. The second-order valence-electron chi connectivity index (χ2n) is 6.69. The highest BCUT2D eigenvalue weighted by Gasteiger charge is 2.24. The van der Waals surface area contributed by atoms with Gasteiger partial charge in [0, 0.05) is 30.6 Å². The minimum atomic E-state index is 0.218. The van der Waals surface area contributed by atoms with E-state index in [9.17, 15) is 0 Å². The minimum Gasteiger partial charge on any atom is -0.488 e. The third-order valence-electron chi connectivity index (χ3n) is 3.74. The van der Waals surface area contributed by atoms with Crippen LogP contribution in [0.5, 0.6) is 5.75 Å². The van der Waals surface area contributed by atoms with Gasteiger partial charge in [0.05, 0.1) is 0 Å². The maximum atomic E-state index is 6.04. The van der Waals surface area contributed by atoms with Crippen LogP contribution < -0.4 is 10.1 Å². The summed E-state index contributed by atoms with van der Waals surface area (Å²) in [5.41, 5.74) is 1.22. The van der Waals surface area contributed by atoms with Crippen molar-refractivity contribution in [2.75, 3.05) is 27.2 Å². The van der Waals surface area contributed by atoms with E-state index in [1.165, 1.54) is 12.0 Å². The molecule has 4 heteroatoms. The molecule has 0 amide bonds. The normalized spacial score (nSPS) is 18.9. The quantitative estimate of drug-likeness (QED) is 0.837. The summed E-state index contributed by atoms with van der Waals surface area (Å²) >= 11 is 6.04. The molecular formula is C17H27ClN2O. The number of fused-ring (bicyclic) bond motifs is 1. The minimum absolute atomic E-state index is 0.218. The molecular weight excluding hydrogens is 284 g/mol. The van der Waals surface area contributed by atoms with Gasteiger partial charge in [-0.3, -0.25) is 0 Å². The van der Waals surface area contributed by atoms with Crippen molar-refractivity contribution in [2.45, 2.75) is 38.8 Å². The van der Waals surface area contributed by atoms with Crippen LogP contribution in [0.2, 0.25) is 5.02 Å². The van der Waals surface area contributed by atoms with Crippen LogP contribution >= 0.6 is 11.6 Å². The number of hydrogen-bond donors (Lipinski definition) is 1. The third-order valence-corrected chi connectivity index (χ3v) is 3.97. The predicted molar refractivity (Wildman–Crippen MR) is 89.4 cm³/mol. The number of nitrogens with one attached hydrogen (secondary N) is 1. The molecule has 0 bridgehead atoms. The molecule has 0 aromatic heterocycles. The number of ether oxygens (including phenoxy) is 1. The Morgan fingerprint density at radius 3 is 2.81 bits per heavy atom. The summed E-state index contributed by atoms with van der Waals surface area (Å²) < 4.78 is 5.99. The van der Waals surface area contributed by atoms with Crippen LogP contribution in [-0.2, 0) is 6.42 Å². The SMILES string of the molecule is CC(C)CC(CN(C)C)NCC1Cc2cc(Cl)ccc2O1. The molecule has 1 aromatic carbocycles. The predicted octanol–water partition coefficient (Wildman–Crippen LogP) is 3.21. The van der Waals surface area contributed by atoms with Crippen LogP contribution in [0, 0.1) is 5.92 Å². The first-order valence-electron chi connectivity index (χ1n) is 7.77. The van der Waals surface area contributed by atoms with Gasteiger partial charge in [-0.2, -0.15) is 0 Å². The van der Waals surface area contributed by atoms with Gasteiger partial charge >= 0.3 is 0 Å². The van der Waals surface area contributed by atoms with E-state index >= 15 is 0 Å². The third kappa shape index (κ3) is 5.17. The Labute approximate surface area is 133 Å². The van der Waals surface area contributed by atoms with Crippen molar-refractivity contribution in [2.24, 2.45) is 5.92 Å². The fourth-order valence-electron chi connectivity index (χ4n) is 2.93. The highest BCUT2D eigenvalue weighted by molar-refractivity contribution is 6.30. The molecule has 21 heavy (non-hydrogen) atoms. The highest BCUT2D eigenvalue weighted by atomic mass is 35.5.